The predicted octanol–water partition coefficient (Wildman–Crippen LogP) is 0.738. The average Bonchev–Trinajstić information content (AvgIpc) is 2.10. The van der Waals surface area contributed by atoms with E-state index in [0.717, 1.165) is 5.71 Å². The minimum atomic E-state index is 0.00231. The summed E-state index contributed by atoms with van der Waals surface area (Å²) < 4.78 is 0. The molecular formula is C6H8N2O. The fourth-order valence-corrected chi connectivity index (χ4v) is 0.718. The zero-order valence-corrected chi connectivity index (χ0v) is 5.29. The molecule has 0 saturated carbocycles. The molecular weight excluding hydrogens is 116 g/mol. The summed E-state index contributed by atoms with van der Waals surface area (Å²) in [7, 11) is 0. The van der Waals surface area contributed by atoms with Crippen molar-refractivity contribution >= 4 is 11.6 Å². The van der Waals surface area contributed by atoms with Gasteiger partial charge in [-0.05, 0) is 6.92 Å². The molecule has 0 fully saturated rings. The monoisotopic (exact) mass is 124 g/mol. The van der Waals surface area contributed by atoms with E-state index in [1.165, 1.54) is 11.2 Å². The zero-order valence-electron chi connectivity index (χ0n) is 5.29. The number of rotatable bonds is 1. The molecule has 0 unspecified atom stereocenters. The van der Waals surface area contributed by atoms with Gasteiger partial charge in [0, 0.05) is 11.9 Å². The van der Waals surface area contributed by atoms with Crippen molar-refractivity contribution in [3.8, 4) is 0 Å². The Balaban J connectivity index is 2.75. The van der Waals surface area contributed by atoms with E-state index in [4.69, 9.17) is 0 Å². The van der Waals surface area contributed by atoms with Crippen LogP contribution >= 0.6 is 0 Å². The van der Waals surface area contributed by atoms with E-state index in [9.17, 15) is 4.79 Å². The van der Waals surface area contributed by atoms with Gasteiger partial charge in [-0.1, -0.05) is 6.58 Å². The van der Waals surface area contributed by atoms with Crippen LogP contribution in [0.4, 0.5) is 0 Å². The minimum absolute atomic E-state index is 0.00231. The maximum Gasteiger partial charge on any atom is 0.252 e. The highest BCUT2D eigenvalue weighted by molar-refractivity contribution is 6.04. The number of amides is 1. The second kappa shape index (κ2) is 2.01. The molecule has 0 spiro atoms. The van der Waals surface area contributed by atoms with Crippen molar-refractivity contribution in [2.45, 2.75) is 13.3 Å². The van der Waals surface area contributed by atoms with Crippen LogP contribution in [-0.4, -0.2) is 16.6 Å². The van der Waals surface area contributed by atoms with E-state index < -0.39 is 0 Å². The van der Waals surface area contributed by atoms with Crippen LogP contribution in [0, 0.1) is 0 Å². The number of hydrogen-bond donors (Lipinski definition) is 0. The number of nitrogens with zero attached hydrogens (tertiary/aromatic N) is 2. The summed E-state index contributed by atoms with van der Waals surface area (Å²) >= 11 is 0. The Bertz CT molecular complexity index is 183. The molecule has 0 aliphatic carbocycles. The van der Waals surface area contributed by atoms with Crippen LogP contribution in [0.15, 0.2) is 17.9 Å². The fourth-order valence-electron chi connectivity index (χ4n) is 0.718. The van der Waals surface area contributed by atoms with Crippen LogP contribution in [0.3, 0.4) is 0 Å². The molecule has 3 nitrogen and oxygen atoms in total. The van der Waals surface area contributed by atoms with Gasteiger partial charge in [0.25, 0.3) is 5.91 Å². The van der Waals surface area contributed by atoms with Crippen molar-refractivity contribution < 1.29 is 4.79 Å². The number of hydrogen-bond acceptors (Lipinski definition) is 2. The van der Waals surface area contributed by atoms with Gasteiger partial charge in [0.2, 0.25) is 0 Å². The molecule has 1 heterocycles. The summed E-state index contributed by atoms with van der Waals surface area (Å²) in [6.07, 6.45) is 1.85. The van der Waals surface area contributed by atoms with Crippen molar-refractivity contribution in [2.75, 3.05) is 0 Å². The molecule has 9 heavy (non-hydrogen) atoms. The van der Waals surface area contributed by atoms with Gasteiger partial charge in [-0.3, -0.25) is 4.79 Å². The van der Waals surface area contributed by atoms with Crippen molar-refractivity contribution in [3.63, 3.8) is 0 Å². The van der Waals surface area contributed by atoms with Gasteiger partial charge < -0.3 is 0 Å². The van der Waals surface area contributed by atoms with Crippen molar-refractivity contribution in [3.05, 3.63) is 12.8 Å². The standard InChI is InChI=1S/C6H8N2O/c1-3-8-6(9)4-5(2)7-8/h3H,1,4H2,2H3. The third-order valence-corrected chi connectivity index (χ3v) is 1.11. The molecule has 1 aliphatic rings. The largest absolute Gasteiger partial charge is 0.272 e. The lowest BCUT2D eigenvalue weighted by atomic mass is 10.3. The van der Waals surface area contributed by atoms with Crippen molar-refractivity contribution in [1.82, 2.24) is 5.01 Å². The molecule has 0 N–H and O–H groups in total. The van der Waals surface area contributed by atoms with Gasteiger partial charge in [-0.25, -0.2) is 5.01 Å². The summed E-state index contributed by atoms with van der Waals surface area (Å²) in [4.78, 5) is 10.8. The van der Waals surface area contributed by atoms with Gasteiger partial charge in [0.1, 0.15) is 0 Å². The quantitative estimate of drug-likeness (QED) is 0.507. The highest BCUT2D eigenvalue weighted by atomic mass is 16.2. The minimum Gasteiger partial charge on any atom is -0.272 e. The summed E-state index contributed by atoms with van der Waals surface area (Å²) in [5, 5.41) is 5.13. The Morgan fingerprint density at radius 1 is 1.89 bits per heavy atom. The Morgan fingerprint density at radius 2 is 2.56 bits per heavy atom. The molecule has 1 aliphatic heterocycles. The maximum absolute atomic E-state index is 10.8. The summed E-state index contributed by atoms with van der Waals surface area (Å²) in [5.74, 6) is 0.00231. The second-order valence-electron chi connectivity index (χ2n) is 1.93. The molecule has 1 amide bonds. The Labute approximate surface area is 53.7 Å². The Kier molecular flexibility index (Phi) is 1.34. The molecule has 1 rings (SSSR count). The van der Waals surface area contributed by atoms with Gasteiger partial charge >= 0.3 is 0 Å². The molecule has 0 aromatic carbocycles. The predicted molar refractivity (Wildman–Crippen MR) is 34.8 cm³/mol. The SMILES string of the molecule is C=CN1N=C(C)CC1=O. The van der Waals surface area contributed by atoms with Crippen LogP contribution in [0.1, 0.15) is 13.3 Å². The number of carbonyl (C=O) groups is 1. The van der Waals surface area contributed by atoms with Gasteiger partial charge in [0.05, 0.1) is 6.42 Å². The highest BCUT2D eigenvalue weighted by Crippen LogP contribution is 2.06. The Morgan fingerprint density at radius 3 is 2.78 bits per heavy atom. The third kappa shape index (κ3) is 0.988. The highest BCUT2D eigenvalue weighted by Gasteiger charge is 2.17. The lowest BCUT2D eigenvalue weighted by Crippen LogP contribution is -2.12. The molecule has 48 valence electrons. The number of hydrazone groups is 1. The first-order chi connectivity index (χ1) is 4.24. The van der Waals surface area contributed by atoms with Crippen LogP contribution in [-0.2, 0) is 4.79 Å². The molecule has 0 bridgehead atoms. The Hall–Kier alpha value is -1.12. The molecule has 0 atom stereocenters. The third-order valence-electron chi connectivity index (χ3n) is 1.11. The van der Waals surface area contributed by atoms with E-state index in [0.29, 0.717) is 6.42 Å². The zero-order chi connectivity index (χ0) is 6.85. The van der Waals surface area contributed by atoms with Crippen molar-refractivity contribution in [2.24, 2.45) is 5.10 Å². The first-order valence-electron chi connectivity index (χ1n) is 2.72. The molecule has 0 aromatic rings. The average molecular weight is 124 g/mol. The van der Waals surface area contributed by atoms with Crippen LogP contribution in [0.2, 0.25) is 0 Å². The molecule has 0 radical (unpaired) electrons. The lowest BCUT2D eigenvalue weighted by molar-refractivity contribution is -0.126. The smallest absolute Gasteiger partial charge is 0.252 e. The fraction of sp³-hybridized carbons (Fsp3) is 0.333. The lowest BCUT2D eigenvalue weighted by Gasteiger charge is -2.00. The van der Waals surface area contributed by atoms with E-state index in [-0.39, 0.29) is 5.91 Å². The van der Waals surface area contributed by atoms with Crippen molar-refractivity contribution in [1.29, 1.82) is 0 Å². The van der Waals surface area contributed by atoms with Gasteiger partial charge in [0.15, 0.2) is 0 Å². The molecule has 0 aromatic heterocycles. The van der Waals surface area contributed by atoms with Crippen LogP contribution < -0.4 is 0 Å². The van der Waals surface area contributed by atoms with E-state index in [1.807, 2.05) is 6.92 Å². The van der Waals surface area contributed by atoms with E-state index in [2.05, 4.69) is 11.7 Å². The summed E-state index contributed by atoms with van der Waals surface area (Å²) in [6, 6.07) is 0. The van der Waals surface area contributed by atoms with E-state index >= 15 is 0 Å². The maximum atomic E-state index is 10.8. The topological polar surface area (TPSA) is 32.7 Å². The first-order valence-corrected chi connectivity index (χ1v) is 2.72. The number of carbonyl (C=O) groups excluding carboxylic acids is 1. The van der Waals surface area contributed by atoms with Crippen LogP contribution in [0.25, 0.3) is 0 Å². The molecule has 0 saturated heterocycles. The van der Waals surface area contributed by atoms with Gasteiger partial charge in [-0.15, -0.1) is 0 Å². The summed E-state index contributed by atoms with van der Waals surface area (Å²) in [5.41, 5.74) is 0.847. The normalized spacial score (nSPS) is 18.1. The van der Waals surface area contributed by atoms with E-state index in [1.54, 1.807) is 0 Å². The van der Waals surface area contributed by atoms with Crippen LogP contribution in [0.5, 0.6) is 0 Å². The second-order valence-corrected chi connectivity index (χ2v) is 1.93. The molecule has 3 heteroatoms. The first kappa shape index (κ1) is 6.01. The summed E-state index contributed by atoms with van der Waals surface area (Å²) in [6.45, 7) is 5.25. The van der Waals surface area contributed by atoms with Gasteiger partial charge in [-0.2, -0.15) is 5.10 Å².